The number of aliphatic hydroxyl groups excluding tert-OH is 1. The van der Waals surface area contributed by atoms with Gasteiger partial charge in [0.1, 0.15) is 6.10 Å². The lowest BCUT2D eigenvalue weighted by molar-refractivity contribution is 0.162. The average molecular weight is 197 g/mol. The lowest BCUT2D eigenvalue weighted by Gasteiger charge is -2.07. The molecule has 1 aromatic rings. The van der Waals surface area contributed by atoms with Gasteiger partial charge in [-0.3, -0.25) is 0 Å². The minimum absolute atomic E-state index is 0.0834. The average Bonchev–Trinajstić information content (AvgIpc) is 2.55. The van der Waals surface area contributed by atoms with Gasteiger partial charge in [0.2, 0.25) is 0 Å². The number of nitrogens with two attached hydrogens (primary N) is 1. The van der Waals surface area contributed by atoms with E-state index in [2.05, 4.69) is 19.2 Å². The van der Waals surface area contributed by atoms with Gasteiger partial charge in [-0.1, -0.05) is 13.8 Å². The van der Waals surface area contributed by atoms with Crippen molar-refractivity contribution in [1.29, 1.82) is 0 Å². The summed E-state index contributed by atoms with van der Waals surface area (Å²) in [6.07, 6.45) is 0.417. The summed E-state index contributed by atoms with van der Waals surface area (Å²) in [5, 5.41) is 11.9. The first kappa shape index (κ1) is 9.19. The molecule has 2 unspecified atom stereocenters. The fourth-order valence-corrected chi connectivity index (χ4v) is 3.23. The van der Waals surface area contributed by atoms with Crippen molar-refractivity contribution in [3.05, 3.63) is 21.4 Å². The highest BCUT2D eigenvalue weighted by molar-refractivity contribution is 7.10. The molecule has 0 fully saturated rings. The second-order valence-electron chi connectivity index (χ2n) is 4.00. The maximum Gasteiger partial charge on any atom is 0.104 e. The van der Waals surface area contributed by atoms with Crippen LogP contribution in [0.1, 0.15) is 41.9 Å². The molecule has 0 saturated heterocycles. The van der Waals surface area contributed by atoms with Gasteiger partial charge in [0, 0.05) is 10.9 Å². The molecule has 0 aliphatic heterocycles. The fourth-order valence-electron chi connectivity index (χ4n) is 1.90. The summed E-state index contributed by atoms with van der Waals surface area (Å²) in [4.78, 5) is 1.09. The molecule has 0 radical (unpaired) electrons. The zero-order chi connectivity index (χ0) is 9.59. The molecule has 0 saturated carbocycles. The van der Waals surface area contributed by atoms with E-state index in [1.54, 1.807) is 11.3 Å². The Morgan fingerprint density at radius 2 is 2.31 bits per heavy atom. The maximum absolute atomic E-state index is 9.73. The van der Waals surface area contributed by atoms with Gasteiger partial charge in [0.15, 0.2) is 0 Å². The van der Waals surface area contributed by atoms with Crippen molar-refractivity contribution in [2.24, 2.45) is 5.73 Å². The van der Waals surface area contributed by atoms with Gasteiger partial charge in [0.25, 0.3) is 0 Å². The van der Waals surface area contributed by atoms with Gasteiger partial charge in [-0.2, -0.15) is 0 Å². The van der Waals surface area contributed by atoms with Crippen LogP contribution in [0.4, 0.5) is 0 Å². The van der Waals surface area contributed by atoms with E-state index in [0.29, 0.717) is 5.92 Å². The van der Waals surface area contributed by atoms with E-state index in [9.17, 15) is 5.11 Å². The van der Waals surface area contributed by atoms with E-state index in [4.69, 9.17) is 5.73 Å². The van der Waals surface area contributed by atoms with Crippen LogP contribution in [0, 0.1) is 0 Å². The van der Waals surface area contributed by atoms with E-state index in [1.807, 2.05) is 0 Å². The smallest absolute Gasteiger partial charge is 0.104 e. The van der Waals surface area contributed by atoms with Crippen LogP contribution in [0.25, 0.3) is 0 Å². The summed E-state index contributed by atoms with van der Waals surface area (Å²) in [5.74, 6) is 0.539. The maximum atomic E-state index is 9.73. The zero-order valence-corrected chi connectivity index (χ0v) is 8.77. The molecule has 1 heterocycles. The van der Waals surface area contributed by atoms with Crippen LogP contribution in [0.2, 0.25) is 0 Å². The van der Waals surface area contributed by atoms with E-state index in [-0.39, 0.29) is 6.04 Å². The lowest BCUT2D eigenvalue weighted by Crippen LogP contribution is -2.24. The molecular weight excluding hydrogens is 182 g/mol. The Labute approximate surface area is 82.4 Å². The van der Waals surface area contributed by atoms with Crippen molar-refractivity contribution >= 4 is 11.3 Å². The second-order valence-corrected chi connectivity index (χ2v) is 4.91. The Morgan fingerprint density at radius 1 is 1.62 bits per heavy atom. The molecule has 3 N–H and O–H groups in total. The minimum Gasteiger partial charge on any atom is -0.386 e. The number of hydrogen-bond donors (Lipinski definition) is 2. The van der Waals surface area contributed by atoms with E-state index < -0.39 is 6.10 Å². The molecule has 72 valence electrons. The topological polar surface area (TPSA) is 46.2 Å². The quantitative estimate of drug-likeness (QED) is 0.721. The summed E-state index contributed by atoms with van der Waals surface area (Å²) in [5.41, 5.74) is 8.47. The van der Waals surface area contributed by atoms with E-state index in [0.717, 1.165) is 11.3 Å². The second kappa shape index (κ2) is 3.08. The monoisotopic (exact) mass is 197 g/mol. The van der Waals surface area contributed by atoms with Gasteiger partial charge >= 0.3 is 0 Å². The molecule has 2 atom stereocenters. The van der Waals surface area contributed by atoms with Gasteiger partial charge in [-0.15, -0.1) is 11.3 Å². The molecule has 0 amide bonds. The Bertz CT molecular complexity index is 319. The third-order valence-electron chi connectivity index (χ3n) is 2.69. The predicted octanol–water partition coefficient (Wildman–Crippen LogP) is 1.79. The molecular formula is C10H15NOS. The highest BCUT2D eigenvalue weighted by atomic mass is 32.1. The van der Waals surface area contributed by atoms with Crippen LogP contribution in [-0.4, -0.2) is 11.1 Å². The first-order valence-electron chi connectivity index (χ1n) is 4.65. The molecule has 0 aromatic carbocycles. The normalized spacial score (nSPS) is 26.8. The summed E-state index contributed by atoms with van der Waals surface area (Å²) in [7, 11) is 0. The van der Waals surface area contributed by atoms with Crippen LogP contribution in [0.15, 0.2) is 5.38 Å². The van der Waals surface area contributed by atoms with Crippen LogP contribution in [0.5, 0.6) is 0 Å². The van der Waals surface area contributed by atoms with Gasteiger partial charge < -0.3 is 10.8 Å². The van der Waals surface area contributed by atoms with Crippen molar-refractivity contribution in [3.8, 4) is 0 Å². The Morgan fingerprint density at radius 3 is 2.92 bits per heavy atom. The summed E-state index contributed by atoms with van der Waals surface area (Å²) in [6.45, 7) is 4.36. The molecule has 2 rings (SSSR count). The number of rotatable bonds is 1. The van der Waals surface area contributed by atoms with Crippen molar-refractivity contribution in [2.45, 2.75) is 38.3 Å². The van der Waals surface area contributed by atoms with Gasteiger partial charge in [-0.25, -0.2) is 0 Å². The number of thiophene rings is 1. The zero-order valence-electron chi connectivity index (χ0n) is 7.95. The number of hydrogen-bond acceptors (Lipinski definition) is 3. The molecule has 1 aromatic heterocycles. The van der Waals surface area contributed by atoms with Crippen molar-refractivity contribution in [2.75, 3.05) is 0 Å². The summed E-state index contributed by atoms with van der Waals surface area (Å²) in [6, 6.07) is -0.0834. The highest BCUT2D eigenvalue weighted by Crippen LogP contribution is 2.40. The van der Waals surface area contributed by atoms with Gasteiger partial charge in [-0.05, 0) is 28.8 Å². The summed E-state index contributed by atoms with van der Waals surface area (Å²) >= 11 is 1.65. The van der Waals surface area contributed by atoms with E-state index >= 15 is 0 Å². The molecule has 0 bridgehead atoms. The van der Waals surface area contributed by atoms with Crippen molar-refractivity contribution < 1.29 is 5.11 Å². The molecule has 1 aliphatic carbocycles. The van der Waals surface area contributed by atoms with Crippen LogP contribution in [-0.2, 0) is 6.42 Å². The highest BCUT2D eigenvalue weighted by Gasteiger charge is 2.32. The molecule has 1 aliphatic rings. The predicted molar refractivity (Wildman–Crippen MR) is 55.0 cm³/mol. The standard InChI is InChI=1S/C10H15NOS/c1-5(2)7-4-13-10-6(7)3-8(11)9(10)12/h4-5,8-9,12H,3,11H2,1-2H3. The Kier molecular flexibility index (Phi) is 2.18. The van der Waals surface area contributed by atoms with Crippen molar-refractivity contribution in [3.63, 3.8) is 0 Å². The minimum atomic E-state index is -0.424. The molecule has 13 heavy (non-hydrogen) atoms. The third-order valence-corrected chi connectivity index (χ3v) is 3.81. The van der Waals surface area contributed by atoms with Crippen molar-refractivity contribution in [1.82, 2.24) is 0 Å². The van der Waals surface area contributed by atoms with E-state index in [1.165, 1.54) is 11.1 Å². The van der Waals surface area contributed by atoms with Crippen LogP contribution in [0.3, 0.4) is 0 Å². The van der Waals surface area contributed by atoms with Gasteiger partial charge in [0.05, 0.1) is 0 Å². The van der Waals surface area contributed by atoms with Crippen LogP contribution < -0.4 is 5.73 Å². The first-order chi connectivity index (χ1) is 6.11. The largest absolute Gasteiger partial charge is 0.386 e. The number of aliphatic hydroxyl groups is 1. The Balaban J connectivity index is 2.42. The SMILES string of the molecule is CC(C)c1csc2c1CC(N)C2O. The molecule has 3 heteroatoms. The molecule has 2 nitrogen and oxygen atoms in total. The Hall–Kier alpha value is -0.380. The first-order valence-corrected chi connectivity index (χ1v) is 5.53. The van der Waals surface area contributed by atoms with Crippen LogP contribution >= 0.6 is 11.3 Å². The number of fused-ring (bicyclic) bond motifs is 1. The summed E-state index contributed by atoms with van der Waals surface area (Å²) < 4.78 is 0. The molecule has 0 spiro atoms. The lowest BCUT2D eigenvalue weighted by atomic mass is 10.0. The third kappa shape index (κ3) is 1.31. The fraction of sp³-hybridized carbons (Fsp3) is 0.600.